The molecule has 2 aromatic rings. The number of aryl methyl sites for hydroxylation is 4. The lowest BCUT2D eigenvalue weighted by molar-refractivity contribution is -0.152. The lowest BCUT2D eigenvalue weighted by Gasteiger charge is -2.26. The molecule has 0 bridgehead atoms. The highest BCUT2D eigenvalue weighted by atomic mass is 16.5. The first-order valence-corrected chi connectivity index (χ1v) is 9.99. The van der Waals surface area contributed by atoms with Gasteiger partial charge in [0.15, 0.2) is 0 Å². The van der Waals surface area contributed by atoms with Gasteiger partial charge in [-0.2, -0.15) is 0 Å². The van der Waals surface area contributed by atoms with Crippen LogP contribution in [0.4, 0.5) is 0 Å². The highest BCUT2D eigenvalue weighted by Gasteiger charge is 2.45. The van der Waals surface area contributed by atoms with Gasteiger partial charge in [-0.25, -0.2) is 0 Å². The molecule has 2 heteroatoms. The van der Waals surface area contributed by atoms with Gasteiger partial charge in [-0.3, -0.25) is 4.79 Å². The summed E-state index contributed by atoms with van der Waals surface area (Å²) in [6, 6.07) is 11.6. The molecule has 0 heterocycles. The van der Waals surface area contributed by atoms with Gasteiger partial charge in [0, 0.05) is 0 Å². The molecule has 3 aliphatic rings. The Hall–Kier alpha value is -2.09. The molecule has 134 valence electrons. The van der Waals surface area contributed by atoms with Crippen LogP contribution in [-0.2, 0) is 54.5 Å². The summed E-state index contributed by atoms with van der Waals surface area (Å²) >= 11 is 0. The summed E-state index contributed by atoms with van der Waals surface area (Å²) in [5.74, 6) is -0.0469. The van der Waals surface area contributed by atoms with Gasteiger partial charge in [-0.15, -0.1) is 0 Å². The minimum Gasteiger partial charge on any atom is -0.469 e. The number of rotatable bonds is 3. The van der Waals surface area contributed by atoms with Crippen LogP contribution < -0.4 is 0 Å². The van der Waals surface area contributed by atoms with Gasteiger partial charge in [-0.1, -0.05) is 30.3 Å². The van der Waals surface area contributed by atoms with E-state index in [4.69, 9.17) is 4.74 Å². The van der Waals surface area contributed by atoms with Gasteiger partial charge in [0.2, 0.25) is 0 Å². The van der Waals surface area contributed by atoms with E-state index in [0.29, 0.717) is 0 Å². The maximum atomic E-state index is 12.9. The molecule has 0 saturated heterocycles. The lowest BCUT2D eigenvalue weighted by Crippen LogP contribution is -2.35. The maximum Gasteiger partial charge on any atom is 0.312 e. The molecule has 0 amide bonds. The number of hydrogen-bond donors (Lipinski definition) is 0. The number of hydrogen-bond acceptors (Lipinski definition) is 2. The second-order valence-corrected chi connectivity index (χ2v) is 8.50. The van der Waals surface area contributed by atoms with Crippen LogP contribution in [0.1, 0.15) is 51.8 Å². The van der Waals surface area contributed by atoms with Crippen LogP contribution in [0, 0.1) is 5.41 Å². The Labute approximate surface area is 155 Å². The molecule has 0 radical (unpaired) electrons. The number of ether oxygens (including phenoxy) is 1. The normalized spacial score (nSPS) is 19.1. The zero-order chi connectivity index (χ0) is 17.7. The third-order valence-corrected chi connectivity index (χ3v) is 6.80. The molecule has 5 rings (SSSR count). The number of fused-ring (bicyclic) bond motifs is 3. The van der Waals surface area contributed by atoms with E-state index in [9.17, 15) is 4.79 Å². The fourth-order valence-corrected chi connectivity index (χ4v) is 5.53. The van der Waals surface area contributed by atoms with Crippen molar-refractivity contribution in [3.63, 3.8) is 0 Å². The minimum atomic E-state index is -0.432. The summed E-state index contributed by atoms with van der Waals surface area (Å²) in [7, 11) is 1.54. The first-order valence-electron chi connectivity index (χ1n) is 9.99. The van der Waals surface area contributed by atoms with Gasteiger partial charge < -0.3 is 4.74 Å². The van der Waals surface area contributed by atoms with Gasteiger partial charge in [0.1, 0.15) is 0 Å². The van der Waals surface area contributed by atoms with Crippen LogP contribution in [0.2, 0.25) is 0 Å². The predicted molar refractivity (Wildman–Crippen MR) is 102 cm³/mol. The van der Waals surface area contributed by atoms with E-state index in [1.807, 2.05) is 0 Å². The van der Waals surface area contributed by atoms with E-state index in [2.05, 4.69) is 30.3 Å². The fourth-order valence-electron chi connectivity index (χ4n) is 5.53. The molecule has 0 saturated carbocycles. The topological polar surface area (TPSA) is 26.3 Å². The number of benzene rings is 2. The Balaban J connectivity index is 1.49. The highest BCUT2D eigenvalue weighted by Crippen LogP contribution is 2.43. The Kier molecular flexibility index (Phi) is 3.70. The van der Waals surface area contributed by atoms with E-state index in [-0.39, 0.29) is 5.97 Å². The zero-order valence-electron chi connectivity index (χ0n) is 15.6. The number of methoxy groups -OCH3 is 1. The Morgan fingerprint density at radius 1 is 0.846 bits per heavy atom. The summed E-state index contributed by atoms with van der Waals surface area (Å²) in [5.41, 5.74) is 9.58. The smallest absolute Gasteiger partial charge is 0.312 e. The van der Waals surface area contributed by atoms with Gasteiger partial charge in [0.05, 0.1) is 12.5 Å². The first kappa shape index (κ1) is 16.1. The molecule has 2 nitrogen and oxygen atoms in total. The molecule has 0 spiro atoms. The number of esters is 1. The largest absolute Gasteiger partial charge is 0.469 e. The van der Waals surface area contributed by atoms with Crippen molar-refractivity contribution in [2.45, 2.75) is 57.8 Å². The van der Waals surface area contributed by atoms with E-state index in [1.54, 1.807) is 0 Å². The Morgan fingerprint density at radius 3 is 2.04 bits per heavy atom. The van der Waals surface area contributed by atoms with Crippen molar-refractivity contribution < 1.29 is 9.53 Å². The van der Waals surface area contributed by atoms with E-state index in [0.717, 1.165) is 19.3 Å². The third-order valence-electron chi connectivity index (χ3n) is 6.80. The van der Waals surface area contributed by atoms with Gasteiger partial charge in [0.25, 0.3) is 0 Å². The average Bonchev–Trinajstić information content (AvgIpc) is 3.35. The molecular formula is C24H26O2. The summed E-state index contributed by atoms with van der Waals surface area (Å²) < 4.78 is 5.30. The SMILES string of the molecule is COC(=O)C1(Cc2ccc3c(c2)CCC3)Cc2cc3c(cc2C1)CCC3. The van der Waals surface area contributed by atoms with Crippen molar-refractivity contribution in [3.8, 4) is 0 Å². The zero-order valence-corrected chi connectivity index (χ0v) is 15.6. The van der Waals surface area contributed by atoms with Crippen LogP contribution in [0.15, 0.2) is 30.3 Å². The highest BCUT2D eigenvalue weighted by molar-refractivity contribution is 5.79. The van der Waals surface area contributed by atoms with E-state index in [1.165, 1.54) is 84.6 Å². The monoisotopic (exact) mass is 346 g/mol. The van der Waals surface area contributed by atoms with Crippen molar-refractivity contribution in [2.24, 2.45) is 5.41 Å². The Bertz CT molecular complexity index is 860. The van der Waals surface area contributed by atoms with Crippen molar-refractivity contribution in [3.05, 3.63) is 69.3 Å². The van der Waals surface area contributed by atoms with Gasteiger partial charge in [-0.05, 0) is 96.7 Å². The summed E-state index contributed by atoms with van der Waals surface area (Å²) in [6.07, 6.45) is 9.73. The molecule has 0 atom stereocenters. The summed E-state index contributed by atoms with van der Waals surface area (Å²) in [6.45, 7) is 0. The van der Waals surface area contributed by atoms with Crippen LogP contribution >= 0.6 is 0 Å². The molecule has 0 aliphatic heterocycles. The number of carbonyl (C=O) groups is 1. The van der Waals surface area contributed by atoms with Crippen LogP contribution in [0.3, 0.4) is 0 Å². The first-order chi connectivity index (χ1) is 12.7. The lowest BCUT2D eigenvalue weighted by atomic mass is 9.78. The van der Waals surface area contributed by atoms with Crippen LogP contribution in [-0.4, -0.2) is 13.1 Å². The van der Waals surface area contributed by atoms with Crippen molar-refractivity contribution in [1.29, 1.82) is 0 Å². The second-order valence-electron chi connectivity index (χ2n) is 8.50. The molecule has 0 fully saturated rings. The fraction of sp³-hybridized carbons (Fsp3) is 0.458. The second kappa shape index (κ2) is 5.97. The molecule has 0 unspecified atom stereocenters. The van der Waals surface area contributed by atoms with E-state index < -0.39 is 5.41 Å². The van der Waals surface area contributed by atoms with Gasteiger partial charge >= 0.3 is 5.97 Å². The number of carbonyl (C=O) groups excluding carboxylic acids is 1. The summed E-state index contributed by atoms with van der Waals surface area (Å²) in [4.78, 5) is 12.9. The average molecular weight is 346 g/mol. The quantitative estimate of drug-likeness (QED) is 0.780. The summed E-state index contributed by atoms with van der Waals surface area (Å²) in [5, 5.41) is 0. The molecule has 0 N–H and O–H groups in total. The molecular weight excluding hydrogens is 320 g/mol. The standard InChI is InChI=1S/C24H26O2/c1-26-23(25)24(13-16-8-9-17-4-2-5-18(17)10-16)14-21-11-19-6-3-7-20(19)12-22(21)15-24/h8-12H,2-7,13-15H2,1H3. The Morgan fingerprint density at radius 2 is 1.42 bits per heavy atom. The maximum absolute atomic E-state index is 12.9. The molecule has 3 aliphatic carbocycles. The van der Waals surface area contributed by atoms with Crippen molar-refractivity contribution in [1.82, 2.24) is 0 Å². The van der Waals surface area contributed by atoms with Crippen molar-refractivity contribution in [2.75, 3.05) is 7.11 Å². The molecule has 0 aromatic heterocycles. The predicted octanol–water partition coefficient (Wildman–Crippen LogP) is 4.16. The van der Waals surface area contributed by atoms with Crippen LogP contribution in [0.5, 0.6) is 0 Å². The minimum absolute atomic E-state index is 0.0469. The van der Waals surface area contributed by atoms with Crippen LogP contribution in [0.25, 0.3) is 0 Å². The van der Waals surface area contributed by atoms with E-state index >= 15 is 0 Å². The van der Waals surface area contributed by atoms with Crippen molar-refractivity contribution >= 4 is 5.97 Å². The molecule has 26 heavy (non-hydrogen) atoms. The third kappa shape index (κ3) is 2.50. The molecule has 2 aromatic carbocycles.